The predicted molar refractivity (Wildman–Crippen MR) is 91.6 cm³/mol. The van der Waals surface area contributed by atoms with Gasteiger partial charge in [-0.05, 0) is 45.4 Å². The van der Waals surface area contributed by atoms with E-state index in [0.29, 0.717) is 18.1 Å². The summed E-state index contributed by atoms with van der Waals surface area (Å²) in [5.41, 5.74) is 1.27. The van der Waals surface area contributed by atoms with Gasteiger partial charge in [-0.15, -0.1) is 11.6 Å². The van der Waals surface area contributed by atoms with Crippen molar-refractivity contribution in [2.75, 3.05) is 0 Å². The fraction of sp³-hybridized carbons (Fsp3) is 0.750. The Bertz CT molecular complexity index is 312. The summed E-state index contributed by atoms with van der Waals surface area (Å²) in [5, 5.41) is 19.2. The minimum atomic E-state index is -0.439. The number of hydrogen-bond acceptors (Lipinski definition) is 2. The van der Waals surface area contributed by atoms with Gasteiger partial charge in [0.1, 0.15) is 0 Å². The van der Waals surface area contributed by atoms with Crippen LogP contribution in [0, 0.1) is 5.92 Å². The van der Waals surface area contributed by atoms with E-state index in [1.165, 1.54) is 5.57 Å². The Kier molecular flexibility index (Phi) is 11.7. The second-order valence-corrected chi connectivity index (χ2v) is 6.79. The third-order valence-electron chi connectivity index (χ3n) is 3.32. The summed E-state index contributed by atoms with van der Waals surface area (Å²) in [6.07, 6.45) is 6.74. The molecular weight excluding hydrogens is 340 g/mol. The summed E-state index contributed by atoms with van der Waals surface area (Å²) in [5.74, 6) is 0.833. The molecule has 0 aliphatic carbocycles. The molecule has 4 heteroatoms. The highest BCUT2D eigenvalue weighted by molar-refractivity contribution is 9.11. The molecular formula is C16H28BrClO2. The molecule has 0 amide bonds. The molecule has 0 aromatic carbocycles. The number of hydrogen-bond donors (Lipinski definition) is 2. The minimum absolute atomic E-state index is 0.184. The molecule has 20 heavy (non-hydrogen) atoms. The van der Waals surface area contributed by atoms with Crippen LogP contribution in [0.4, 0.5) is 0 Å². The largest absolute Gasteiger partial charge is 0.512 e. The highest BCUT2D eigenvalue weighted by atomic mass is 79.9. The van der Waals surface area contributed by atoms with Crippen LogP contribution in [0.1, 0.15) is 59.3 Å². The molecule has 0 spiro atoms. The lowest BCUT2D eigenvalue weighted by atomic mass is 9.95. The maximum atomic E-state index is 10.0. The Labute approximate surface area is 137 Å². The maximum absolute atomic E-state index is 10.0. The van der Waals surface area contributed by atoms with Crippen molar-refractivity contribution in [3.8, 4) is 0 Å². The van der Waals surface area contributed by atoms with E-state index in [4.69, 9.17) is 11.6 Å². The molecule has 3 atom stereocenters. The average Bonchev–Trinajstić information content (AvgIpc) is 2.37. The van der Waals surface area contributed by atoms with E-state index in [1.54, 1.807) is 4.99 Å². The SMILES string of the molecule is CC(C)=CCCC(O)C(Cl)CC(C)CCCC(O)=CBr. The van der Waals surface area contributed by atoms with Crippen LogP contribution in [-0.4, -0.2) is 21.7 Å². The Morgan fingerprint density at radius 2 is 1.95 bits per heavy atom. The summed E-state index contributed by atoms with van der Waals surface area (Å²) in [4.78, 5) is 1.55. The average molecular weight is 368 g/mol. The Morgan fingerprint density at radius 3 is 2.50 bits per heavy atom. The third kappa shape index (κ3) is 10.8. The summed E-state index contributed by atoms with van der Waals surface area (Å²) in [6, 6.07) is 0. The standard InChI is InChI=1S/C16H28BrClO2/c1-12(2)6-4-9-16(20)15(18)10-13(3)7-5-8-14(19)11-17/h6,11,13,15-16,19-20H,4-5,7-10H2,1-3H3. The maximum Gasteiger partial charge on any atom is 0.0991 e. The molecule has 0 radical (unpaired) electrons. The van der Waals surface area contributed by atoms with E-state index in [2.05, 4.69) is 42.8 Å². The van der Waals surface area contributed by atoms with E-state index in [-0.39, 0.29) is 5.38 Å². The normalized spacial score (nSPS) is 16.6. The number of rotatable bonds is 10. The first-order valence-corrected chi connectivity index (χ1v) is 8.65. The summed E-state index contributed by atoms with van der Waals surface area (Å²) < 4.78 is 0. The van der Waals surface area contributed by atoms with Crippen molar-refractivity contribution in [2.45, 2.75) is 70.8 Å². The van der Waals surface area contributed by atoms with Crippen LogP contribution in [0.15, 0.2) is 22.4 Å². The van der Waals surface area contributed by atoms with Crippen molar-refractivity contribution < 1.29 is 10.2 Å². The zero-order valence-electron chi connectivity index (χ0n) is 12.8. The van der Waals surface area contributed by atoms with E-state index in [1.807, 2.05) is 0 Å². The number of aliphatic hydroxyl groups excluding tert-OH is 2. The van der Waals surface area contributed by atoms with Gasteiger partial charge in [0.15, 0.2) is 0 Å². The van der Waals surface area contributed by atoms with Gasteiger partial charge in [-0.3, -0.25) is 0 Å². The van der Waals surface area contributed by atoms with Crippen molar-refractivity contribution >= 4 is 27.5 Å². The molecule has 0 aliphatic heterocycles. The van der Waals surface area contributed by atoms with Crippen LogP contribution in [0.5, 0.6) is 0 Å². The van der Waals surface area contributed by atoms with Gasteiger partial charge >= 0.3 is 0 Å². The van der Waals surface area contributed by atoms with Crippen LogP contribution in [-0.2, 0) is 0 Å². The lowest BCUT2D eigenvalue weighted by Gasteiger charge is -2.20. The minimum Gasteiger partial charge on any atom is -0.512 e. The van der Waals surface area contributed by atoms with Crippen molar-refractivity contribution in [3.05, 3.63) is 22.4 Å². The topological polar surface area (TPSA) is 40.5 Å². The Morgan fingerprint density at radius 1 is 1.30 bits per heavy atom. The van der Waals surface area contributed by atoms with Gasteiger partial charge in [0.25, 0.3) is 0 Å². The first kappa shape index (κ1) is 20.0. The molecule has 3 unspecified atom stereocenters. The van der Waals surface area contributed by atoms with Crippen molar-refractivity contribution in [2.24, 2.45) is 5.92 Å². The molecule has 0 heterocycles. The van der Waals surface area contributed by atoms with Crippen molar-refractivity contribution in [1.29, 1.82) is 0 Å². The lowest BCUT2D eigenvalue weighted by Crippen LogP contribution is -2.22. The van der Waals surface area contributed by atoms with Crippen LogP contribution in [0.2, 0.25) is 0 Å². The van der Waals surface area contributed by atoms with E-state index < -0.39 is 6.10 Å². The molecule has 0 saturated carbocycles. The third-order valence-corrected chi connectivity index (χ3v) is 4.31. The molecule has 0 saturated heterocycles. The molecule has 0 aromatic rings. The van der Waals surface area contributed by atoms with Gasteiger partial charge in [0.05, 0.1) is 17.2 Å². The molecule has 2 nitrogen and oxygen atoms in total. The summed E-state index contributed by atoms with van der Waals surface area (Å²) in [7, 11) is 0. The van der Waals surface area contributed by atoms with Crippen molar-refractivity contribution in [3.63, 3.8) is 0 Å². The number of halogens is 2. The summed E-state index contributed by atoms with van der Waals surface area (Å²) in [6.45, 7) is 6.26. The zero-order chi connectivity index (χ0) is 15.5. The van der Waals surface area contributed by atoms with Crippen LogP contribution in [0.3, 0.4) is 0 Å². The zero-order valence-corrected chi connectivity index (χ0v) is 15.1. The Hall–Kier alpha value is 0.01000. The molecule has 0 bridgehead atoms. The molecule has 118 valence electrons. The number of aliphatic hydroxyl groups is 2. The van der Waals surface area contributed by atoms with E-state index >= 15 is 0 Å². The molecule has 2 N–H and O–H groups in total. The Balaban J connectivity index is 3.87. The second kappa shape index (κ2) is 11.6. The van der Waals surface area contributed by atoms with Crippen molar-refractivity contribution in [1.82, 2.24) is 0 Å². The molecule has 0 aliphatic rings. The summed E-state index contributed by atoms with van der Waals surface area (Å²) >= 11 is 9.38. The highest BCUT2D eigenvalue weighted by Crippen LogP contribution is 2.22. The quantitative estimate of drug-likeness (QED) is 0.296. The van der Waals surface area contributed by atoms with Gasteiger partial charge in [0, 0.05) is 11.4 Å². The van der Waals surface area contributed by atoms with Crippen LogP contribution in [0.25, 0.3) is 0 Å². The molecule has 0 rings (SSSR count). The smallest absolute Gasteiger partial charge is 0.0991 e. The van der Waals surface area contributed by atoms with Crippen LogP contribution >= 0.6 is 27.5 Å². The highest BCUT2D eigenvalue weighted by Gasteiger charge is 2.18. The van der Waals surface area contributed by atoms with Gasteiger partial charge in [-0.25, -0.2) is 0 Å². The van der Waals surface area contributed by atoms with E-state index in [0.717, 1.165) is 32.1 Å². The van der Waals surface area contributed by atoms with Crippen LogP contribution < -0.4 is 0 Å². The fourth-order valence-electron chi connectivity index (χ4n) is 2.07. The number of alkyl halides is 1. The van der Waals surface area contributed by atoms with Gasteiger partial charge < -0.3 is 10.2 Å². The van der Waals surface area contributed by atoms with Gasteiger partial charge in [0.2, 0.25) is 0 Å². The molecule has 0 fully saturated rings. The first-order valence-electron chi connectivity index (χ1n) is 7.30. The predicted octanol–water partition coefficient (Wildman–Crippen LogP) is 5.69. The fourth-order valence-corrected chi connectivity index (χ4v) is 2.73. The lowest BCUT2D eigenvalue weighted by molar-refractivity contribution is 0.150. The van der Waals surface area contributed by atoms with Gasteiger partial charge in [-0.1, -0.05) is 40.9 Å². The molecule has 0 aromatic heterocycles. The monoisotopic (exact) mass is 366 g/mol. The number of allylic oxidation sites excluding steroid dienone is 3. The second-order valence-electron chi connectivity index (χ2n) is 5.78. The van der Waals surface area contributed by atoms with Gasteiger partial charge in [-0.2, -0.15) is 0 Å². The van der Waals surface area contributed by atoms with E-state index in [9.17, 15) is 10.2 Å². The first-order chi connectivity index (χ1) is 9.36.